The van der Waals surface area contributed by atoms with Gasteiger partial charge in [0.05, 0.1) is 12.2 Å². The zero-order chi connectivity index (χ0) is 15.5. The average Bonchev–Trinajstić information content (AvgIpc) is 2.84. The molecule has 1 aliphatic rings. The number of allylic oxidation sites excluding steroid dienone is 1. The standard InChI is InChI=1S/C10H17N3O2.2C2H6/c1-4-9(12-11-3)10(15)5-6-13(7-10)8(2)14;2*1-2/h4,15H,5-7H2,1-3H3;2*1-2H3/b9-4-,12-11?;;. The number of rotatable bonds is 2. The number of β-amino-alcohol motifs (C(OH)–C–C–N with tert-alkyl or cyclic N) is 1. The minimum absolute atomic E-state index is 0.0187. The van der Waals surface area contributed by atoms with Gasteiger partial charge in [-0.25, -0.2) is 0 Å². The molecule has 0 aromatic rings. The highest BCUT2D eigenvalue weighted by Crippen LogP contribution is 2.29. The first-order chi connectivity index (χ1) is 9.03. The van der Waals surface area contributed by atoms with Gasteiger partial charge >= 0.3 is 0 Å². The number of hydrogen-bond acceptors (Lipinski definition) is 4. The monoisotopic (exact) mass is 271 g/mol. The fourth-order valence-corrected chi connectivity index (χ4v) is 1.80. The molecule has 19 heavy (non-hydrogen) atoms. The van der Waals surface area contributed by atoms with Crippen LogP contribution in [0.5, 0.6) is 0 Å². The largest absolute Gasteiger partial charge is 0.382 e. The van der Waals surface area contributed by atoms with Crippen molar-refractivity contribution in [1.29, 1.82) is 0 Å². The van der Waals surface area contributed by atoms with Crippen LogP contribution >= 0.6 is 0 Å². The molecule has 1 saturated heterocycles. The molecule has 1 atom stereocenters. The summed E-state index contributed by atoms with van der Waals surface area (Å²) in [5, 5.41) is 17.8. The van der Waals surface area contributed by atoms with Gasteiger partial charge in [-0.3, -0.25) is 4.79 Å². The number of carbonyl (C=O) groups excluding carboxylic acids is 1. The molecule has 5 nitrogen and oxygen atoms in total. The summed E-state index contributed by atoms with van der Waals surface area (Å²) in [5.74, 6) is -0.0187. The number of nitrogens with zero attached hydrogens (tertiary/aromatic N) is 3. The topological polar surface area (TPSA) is 65.3 Å². The first kappa shape index (κ1) is 20.1. The van der Waals surface area contributed by atoms with Crippen molar-refractivity contribution >= 4 is 5.91 Å². The lowest BCUT2D eigenvalue weighted by atomic mass is 9.99. The molecule has 0 bridgehead atoms. The lowest BCUT2D eigenvalue weighted by Crippen LogP contribution is -2.36. The number of carbonyl (C=O) groups is 1. The van der Waals surface area contributed by atoms with Crippen LogP contribution in [0, 0.1) is 0 Å². The van der Waals surface area contributed by atoms with Crippen molar-refractivity contribution in [2.45, 2.75) is 53.6 Å². The van der Waals surface area contributed by atoms with Crippen LogP contribution in [0.2, 0.25) is 0 Å². The van der Waals surface area contributed by atoms with Crippen molar-refractivity contribution < 1.29 is 9.90 Å². The smallest absolute Gasteiger partial charge is 0.219 e. The fourth-order valence-electron chi connectivity index (χ4n) is 1.80. The van der Waals surface area contributed by atoms with Crippen LogP contribution in [0.1, 0.15) is 48.0 Å². The van der Waals surface area contributed by atoms with E-state index < -0.39 is 5.60 Å². The summed E-state index contributed by atoms with van der Waals surface area (Å²) in [6.07, 6.45) is 2.25. The third-order valence-electron chi connectivity index (χ3n) is 2.65. The molecule has 0 saturated carbocycles. The van der Waals surface area contributed by atoms with Gasteiger partial charge in [-0.1, -0.05) is 33.8 Å². The van der Waals surface area contributed by atoms with Crippen LogP contribution < -0.4 is 0 Å². The zero-order valence-electron chi connectivity index (χ0n) is 13.4. The second kappa shape index (κ2) is 10.7. The third-order valence-corrected chi connectivity index (χ3v) is 2.65. The molecule has 0 aromatic carbocycles. The SMILES string of the molecule is C/C=C(\N=NC)C1(O)CCN(C(C)=O)C1.CC.CC. The van der Waals surface area contributed by atoms with E-state index in [4.69, 9.17) is 0 Å². The van der Waals surface area contributed by atoms with E-state index in [0.29, 0.717) is 25.2 Å². The summed E-state index contributed by atoms with van der Waals surface area (Å²) < 4.78 is 0. The molecule has 0 aliphatic carbocycles. The maximum Gasteiger partial charge on any atom is 0.219 e. The van der Waals surface area contributed by atoms with E-state index in [1.807, 2.05) is 27.7 Å². The predicted molar refractivity (Wildman–Crippen MR) is 79.1 cm³/mol. The zero-order valence-corrected chi connectivity index (χ0v) is 13.4. The molecule has 1 fully saturated rings. The van der Waals surface area contributed by atoms with Gasteiger partial charge in [0.15, 0.2) is 0 Å². The fraction of sp³-hybridized carbons (Fsp3) is 0.786. The predicted octanol–water partition coefficient (Wildman–Crippen LogP) is 3.01. The molecule has 1 heterocycles. The molecule has 112 valence electrons. The Morgan fingerprint density at radius 3 is 2.16 bits per heavy atom. The first-order valence-electron chi connectivity index (χ1n) is 6.98. The maximum atomic E-state index is 11.1. The Balaban J connectivity index is 0. The van der Waals surface area contributed by atoms with Gasteiger partial charge in [0.2, 0.25) is 5.91 Å². The summed E-state index contributed by atoms with van der Waals surface area (Å²) in [5.41, 5.74) is -0.492. The quantitative estimate of drug-likeness (QED) is 0.785. The first-order valence-corrected chi connectivity index (χ1v) is 6.98. The second-order valence-electron chi connectivity index (χ2n) is 3.70. The summed E-state index contributed by atoms with van der Waals surface area (Å²) in [6, 6.07) is 0. The molecule has 0 radical (unpaired) electrons. The van der Waals surface area contributed by atoms with Gasteiger partial charge in [0.25, 0.3) is 0 Å². The van der Waals surface area contributed by atoms with E-state index in [0.717, 1.165) is 0 Å². The normalized spacial score (nSPS) is 22.5. The van der Waals surface area contributed by atoms with Crippen molar-refractivity contribution in [3.8, 4) is 0 Å². The Hall–Kier alpha value is -1.23. The Labute approximate surface area is 117 Å². The molecule has 1 unspecified atom stereocenters. The maximum absolute atomic E-state index is 11.1. The molecular formula is C14H29N3O2. The Morgan fingerprint density at radius 1 is 1.32 bits per heavy atom. The Bertz CT molecular complexity index is 314. The summed E-state index contributed by atoms with van der Waals surface area (Å²) in [7, 11) is 1.56. The van der Waals surface area contributed by atoms with Crippen LogP contribution in [0.25, 0.3) is 0 Å². The minimum atomic E-state index is -1.03. The van der Waals surface area contributed by atoms with Gasteiger partial charge in [0, 0.05) is 26.9 Å². The lowest BCUT2D eigenvalue weighted by Gasteiger charge is -2.22. The molecule has 1 aliphatic heterocycles. The molecule has 5 heteroatoms. The highest BCUT2D eigenvalue weighted by molar-refractivity contribution is 5.73. The van der Waals surface area contributed by atoms with Crippen LogP contribution in [0.4, 0.5) is 0 Å². The van der Waals surface area contributed by atoms with Crippen LogP contribution in [0.3, 0.4) is 0 Å². The molecule has 1 amide bonds. The van der Waals surface area contributed by atoms with E-state index in [-0.39, 0.29) is 5.91 Å². The molecular weight excluding hydrogens is 242 g/mol. The summed E-state index contributed by atoms with van der Waals surface area (Å²) >= 11 is 0. The number of amides is 1. The van der Waals surface area contributed by atoms with Gasteiger partial charge in [-0.05, 0) is 6.92 Å². The third kappa shape index (κ3) is 5.96. The summed E-state index contributed by atoms with van der Waals surface area (Å²) in [4.78, 5) is 12.8. The average molecular weight is 271 g/mol. The van der Waals surface area contributed by atoms with Crippen molar-refractivity contribution in [3.63, 3.8) is 0 Å². The molecule has 0 spiro atoms. The Morgan fingerprint density at radius 2 is 1.84 bits per heavy atom. The van der Waals surface area contributed by atoms with Crippen molar-refractivity contribution in [2.75, 3.05) is 20.1 Å². The van der Waals surface area contributed by atoms with Crippen molar-refractivity contribution in [1.82, 2.24) is 4.90 Å². The van der Waals surface area contributed by atoms with Crippen molar-refractivity contribution in [3.05, 3.63) is 11.8 Å². The van der Waals surface area contributed by atoms with Crippen LogP contribution in [-0.4, -0.2) is 41.7 Å². The van der Waals surface area contributed by atoms with Crippen LogP contribution in [0.15, 0.2) is 22.0 Å². The number of azo groups is 1. The van der Waals surface area contributed by atoms with Gasteiger partial charge in [-0.15, -0.1) is 0 Å². The number of aliphatic hydroxyl groups is 1. The van der Waals surface area contributed by atoms with Crippen LogP contribution in [-0.2, 0) is 4.79 Å². The van der Waals surface area contributed by atoms with Crippen molar-refractivity contribution in [2.24, 2.45) is 10.2 Å². The van der Waals surface area contributed by atoms with E-state index in [1.165, 1.54) is 6.92 Å². The lowest BCUT2D eigenvalue weighted by molar-refractivity contribution is -0.128. The van der Waals surface area contributed by atoms with E-state index >= 15 is 0 Å². The van der Waals surface area contributed by atoms with E-state index in [2.05, 4.69) is 10.2 Å². The molecule has 1 N–H and O–H groups in total. The molecule has 1 rings (SSSR count). The number of hydrogen-bond donors (Lipinski definition) is 1. The van der Waals surface area contributed by atoms with Gasteiger partial charge in [0.1, 0.15) is 5.60 Å². The van der Waals surface area contributed by atoms with Gasteiger partial charge in [-0.2, -0.15) is 10.2 Å². The summed E-state index contributed by atoms with van der Waals surface area (Å²) in [6.45, 7) is 12.2. The van der Waals surface area contributed by atoms with E-state index in [9.17, 15) is 9.90 Å². The number of likely N-dealkylation sites (tertiary alicyclic amines) is 1. The van der Waals surface area contributed by atoms with Gasteiger partial charge < -0.3 is 10.0 Å². The highest BCUT2D eigenvalue weighted by atomic mass is 16.3. The highest BCUT2D eigenvalue weighted by Gasteiger charge is 2.40. The second-order valence-corrected chi connectivity index (χ2v) is 3.70. The Kier molecular flexibility index (Phi) is 11.3. The molecule has 0 aromatic heterocycles. The van der Waals surface area contributed by atoms with E-state index in [1.54, 1.807) is 24.9 Å². The minimum Gasteiger partial charge on any atom is -0.382 e.